The first-order valence-electron chi connectivity index (χ1n) is 10.9. The fraction of sp³-hybridized carbons (Fsp3) is 0.192. The van der Waals surface area contributed by atoms with Crippen molar-refractivity contribution in [3.05, 3.63) is 94.0 Å². The molecule has 0 bridgehead atoms. The lowest BCUT2D eigenvalue weighted by atomic mass is 10.1. The summed E-state index contributed by atoms with van der Waals surface area (Å²) >= 11 is 8.72. The molecule has 6 nitrogen and oxygen atoms in total. The Labute approximate surface area is 213 Å². The topological polar surface area (TPSA) is 79.5 Å². The zero-order valence-corrected chi connectivity index (χ0v) is 21.2. The third-order valence-electron chi connectivity index (χ3n) is 4.85. The van der Waals surface area contributed by atoms with Gasteiger partial charge in [-0.25, -0.2) is 0 Å². The van der Waals surface area contributed by atoms with Crippen LogP contribution in [0.4, 0.5) is 5.69 Å². The van der Waals surface area contributed by atoms with Gasteiger partial charge in [-0.2, -0.15) is 0 Å². The van der Waals surface area contributed by atoms with Crippen molar-refractivity contribution >= 4 is 50.8 Å². The van der Waals surface area contributed by atoms with Gasteiger partial charge in [0.15, 0.2) is 5.11 Å². The zero-order valence-electron chi connectivity index (χ0n) is 18.8. The van der Waals surface area contributed by atoms with Crippen molar-refractivity contribution in [2.24, 2.45) is 0 Å². The minimum absolute atomic E-state index is 0.117. The molecule has 0 spiro atoms. The first-order valence-corrected chi connectivity index (χ1v) is 12.1. The Hall–Kier alpha value is -3.23. The van der Waals surface area contributed by atoms with Crippen molar-refractivity contribution in [1.82, 2.24) is 10.6 Å². The number of thiocarbonyl (C=S) groups is 1. The number of ether oxygens (including phenoxy) is 1. The molecule has 0 aliphatic heterocycles. The van der Waals surface area contributed by atoms with Crippen LogP contribution in [0.25, 0.3) is 0 Å². The van der Waals surface area contributed by atoms with Gasteiger partial charge < -0.3 is 15.4 Å². The molecule has 0 fully saturated rings. The normalized spacial score (nSPS) is 10.3. The summed E-state index contributed by atoms with van der Waals surface area (Å²) in [6.45, 7) is 3.03. The summed E-state index contributed by atoms with van der Waals surface area (Å²) in [5.74, 6) is -0.0958. The molecule has 0 heterocycles. The van der Waals surface area contributed by atoms with E-state index in [0.29, 0.717) is 35.7 Å². The number of rotatable bonds is 9. The smallest absolute Gasteiger partial charge is 0.261 e. The van der Waals surface area contributed by atoms with Crippen LogP contribution in [0, 0.1) is 0 Å². The standard InChI is InChI=1S/C26H26BrN3O3S/c1-2-3-14-33-23-13-12-20(27)16-22(23)25(32)30-26(34)29-21-11-7-10-19(15-21)24(31)28-17-18-8-5-4-6-9-18/h4-13,15-16H,2-3,14,17H2,1H3,(H,28,31)(H2,29,30,32,34). The largest absolute Gasteiger partial charge is 0.493 e. The lowest BCUT2D eigenvalue weighted by Gasteiger charge is -2.14. The second-order valence-electron chi connectivity index (χ2n) is 7.50. The van der Waals surface area contributed by atoms with Crippen molar-refractivity contribution in [3.8, 4) is 5.75 Å². The van der Waals surface area contributed by atoms with Gasteiger partial charge >= 0.3 is 0 Å². The van der Waals surface area contributed by atoms with Crippen LogP contribution in [-0.4, -0.2) is 23.5 Å². The molecule has 3 rings (SSSR count). The molecule has 2 amide bonds. The number of anilines is 1. The summed E-state index contributed by atoms with van der Waals surface area (Å²) in [6, 6.07) is 21.9. The van der Waals surface area contributed by atoms with Crippen LogP contribution >= 0.6 is 28.1 Å². The molecule has 8 heteroatoms. The van der Waals surface area contributed by atoms with Gasteiger partial charge in [0, 0.05) is 22.3 Å². The van der Waals surface area contributed by atoms with E-state index in [0.717, 1.165) is 22.9 Å². The van der Waals surface area contributed by atoms with Gasteiger partial charge in [-0.3, -0.25) is 14.9 Å². The van der Waals surface area contributed by atoms with Crippen molar-refractivity contribution < 1.29 is 14.3 Å². The average molecular weight is 540 g/mol. The highest BCUT2D eigenvalue weighted by Crippen LogP contribution is 2.23. The molecule has 3 N–H and O–H groups in total. The van der Waals surface area contributed by atoms with Crippen LogP contribution in [-0.2, 0) is 6.54 Å². The van der Waals surface area contributed by atoms with E-state index in [1.165, 1.54) is 0 Å². The van der Waals surface area contributed by atoms with Gasteiger partial charge in [-0.1, -0.05) is 65.7 Å². The summed E-state index contributed by atoms with van der Waals surface area (Å²) in [5, 5.41) is 8.65. The lowest BCUT2D eigenvalue weighted by molar-refractivity contribution is 0.0948. The van der Waals surface area contributed by atoms with Gasteiger partial charge in [-0.05, 0) is 60.6 Å². The molecule has 0 saturated heterocycles. The third-order valence-corrected chi connectivity index (χ3v) is 5.54. The van der Waals surface area contributed by atoms with E-state index in [9.17, 15) is 9.59 Å². The summed E-state index contributed by atoms with van der Waals surface area (Å²) < 4.78 is 6.52. The molecular formula is C26H26BrN3O3S. The number of carbonyl (C=O) groups is 2. The molecule has 0 atom stereocenters. The fourth-order valence-corrected chi connectivity index (χ4v) is 3.65. The Morgan fingerprint density at radius 1 is 0.971 bits per heavy atom. The predicted molar refractivity (Wildman–Crippen MR) is 142 cm³/mol. The second kappa shape index (κ2) is 12.9. The third kappa shape index (κ3) is 7.67. The quantitative estimate of drug-likeness (QED) is 0.240. The molecule has 0 unspecified atom stereocenters. The Bertz CT molecular complexity index is 1160. The average Bonchev–Trinajstić information content (AvgIpc) is 2.84. The highest BCUT2D eigenvalue weighted by Gasteiger charge is 2.15. The zero-order chi connectivity index (χ0) is 24.3. The van der Waals surface area contributed by atoms with Crippen LogP contribution in [0.5, 0.6) is 5.75 Å². The number of amides is 2. The number of hydrogen-bond acceptors (Lipinski definition) is 4. The second-order valence-corrected chi connectivity index (χ2v) is 8.82. The van der Waals surface area contributed by atoms with E-state index >= 15 is 0 Å². The molecule has 176 valence electrons. The predicted octanol–water partition coefficient (Wildman–Crippen LogP) is 5.68. The van der Waals surface area contributed by atoms with Gasteiger partial charge in [0.2, 0.25) is 0 Å². The molecule has 0 saturated carbocycles. The molecular weight excluding hydrogens is 514 g/mol. The van der Waals surface area contributed by atoms with E-state index in [2.05, 4.69) is 38.8 Å². The number of carbonyl (C=O) groups excluding carboxylic acids is 2. The van der Waals surface area contributed by atoms with Crippen molar-refractivity contribution in [2.75, 3.05) is 11.9 Å². The monoisotopic (exact) mass is 539 g/mol. The number of halogens is 1. The van der Waals surface area contributed by atoms with E-state index in [4.69, 9.17) is 17.0 Å². The molecule has 0 radical (unpaired) electrons. The van der Waals surface area contributed by atoms with Crippen LogP contribution in [0.15, 0.2) is 77.3 Å². The molecule has 3 aromatic carbocycles. The maximum Gasteiger partial charge on any atom is 0.261 e. The van der Waals surface area contributed by atoms with E-state index in [-0.39, 0.29) is 16.9 Å². The van der Waals surface area contributed by atoms with Crippen molar-refractivity contribution in [2.45, 2.75) is 26.3 Å². The van der Waals surface area contributed by atoms with E-state index in [1.54, 1.807) is 36.4 Å². The summed E-state index contributed by atoms with van der Waals surface area (Å²) in [7, 11) is 0. The van der Waals surface area contributed by atoms with Crippen LogP contribution in [0.3, 0.4) is 0 Å². The van der Waals surface area contributed by atoms with Crippen LogP contribution < -0.4 is 20.7 Å². The minimum Gasteiger partial charge on any atom is -0.493 e. The van der Waals surface area contributed by atoms with Crippen LogP contribution in [0.1, 0.15) is 46.0 Å². The summed E-state index contributed by atoms with van der Waals surface area (Å²) in [4.78, 5) is 25.4. The van der Waals surface area contributed by atoms with Gasteiger partial charge in [-0.15, -0.1) is 0 Å². The maximum absolute atomic E-state index is 12.8. The number of benzene rings is 3. The first-order chi connectivity index (χ1) is 16.5. The SMILES string of the molecule is CCCCOc1ccc(Br)cc1C(=O)NC(=S)Nc1cccc(C(=O)NCc2ccccc2)c1. The Morgan fingerprint density at radius 3 is 2.53 bits per heavy atom. The number of nitrogens with one attached hydrogen (secondary N) is 3. The molecule has 0 aliphatic rings. The number of unbranched alkanes of at least 4 members (excludes halogenated alkanes) is 1. The molecule has 34 heavy (non-hydrogen) atoms. The minimum atomic E-state index is -0.387. The Kier molecular flexibility index (Phi) is 9.61. The Balaban J connectivity index is 1.60. The molecule has 0 aromatic heterocycles. The van der Waals surface area contributed by atoms with Crippen molar-refractivity contribution in [1.29, 1.82) is 0 Å². The Morgan fingerprint density at radius 2 is 1.76 bits per heavy atom. The lowest BCUT2D eigenvalue weighted by Crippen LogP contribution is -2.34. The number of hydrogen-bond donors (Lipinski definition) is 3. The van der Waals surface area contributed by atoms with Gasteiger partial charge in [0.1, 0.15) is 5.75 Å². The molecule has 0 aliphatic carbocycles. The highest BCUT2D eigenvalue weighted by molar-refractivity contribution is 9.10. The first kappa shape index (κ1) is 25.4. The summed E-state index contributed by atoms with van der Waals surface area (Å²) in [6.07, 6.45) is 1.89. The van der Waals surface area contributed by atoms with E-state index < -0.39 is 0 Å². The van der Waals surface area contributed by atoms with Gasteiger partial charge in [0.25, 0.3) is 11.8 Å². The maximum atomic E-state index is 12.8. The van der Waals surface area contributed by atoms with Crippen molar-refractivity contribution in [3.63, 3.8) is 0 Å². The van der Waals surface area contributed by atoms with Gasteiger partial charge in [0.05, 0.1) is 12.2 Å². The highest BCUT2D eigenvalue weighted by atomic mass is 79.9. The summed E-state index contributed by atoms with van der Waals surface area (Å²) in [5.41, 5.74) is 2.46. The molecule has 3 aromatic rings. The van der Waals surface area contributed by atoms with Crippen LogP contribution in [0.2, 0.25) is 0 Å². The van der Waals surface area contributed by atoms with E-state index in [1.807, 2.05) is 36.4 Å². The fourth-order valence-electron chi connectivity index (χ4n) is 3.08.